The van der Waals surface area contributed by atoms with E-state index in [-0.39, 0.29) is 10.7 Å². The van der Waals surface area contributed by atoms with Crippen molar-refractivity contribution in [3.05, 3.63) is 17.6 Å². The van der Waals surface area contributed by atoms with Crippen LogP contribution >= 0.6 is 0 Å². The first-order valence-electron chi connectivity index (χ1n) is 5.54. The van der Waals surface area contributed by atoms with Crippen LogP contribution in [0.4, 0.5) is 11.5 Å². The van der Waals surface area contributed by atoms with Crippen LogP contribution in [-0.4, -0.2) is 28.0 Å². The summed E-state index contributed by atoms with van der Waals surface area (Å²) in [5.74, 6) is -0.0332. The lowest BCUT2D eigenvalue weighted by atomic mass is 10.3. The molecule has 19 heavy (non-hydrogen) atoms. The third kappa shape index (κ3) is 2.28. The summed E-state index contributed by atoms with van der Waals surface area (Å²) in [5, 5.41) is 7.98. The molecule has 3 N–H and O–H groups in total. The molecule has 0 bridgehead atoms. The van der Waals surface area contributed by atoms with Gasteiger partial charge >= 0.3 is 0 Å². The van der Waals surface area contributed by atoms with Gasteiger partial charge in [-0.15, -0.1) is 0 Å². The molecule has 0 radical (unpaired) electrons. The second kappa shape index (κ2) is 4.26. The molecule has 2 aromatic heterocycles. The van der Waals surface area contributed by atoms with Gasteiger partial charge in [-0.3, -0.25) is 14.1 Å². The maximum atomic E-state index is 12.3. The van der Waals surface area contributed by atoms with E-state index in [1.54, 1.807) is 32.6 Å². The number of nitrogens with one attached hydrogen (secondary N) is 1. The molecule has 2 heterocycles. The average Bonchev–Trinajstić information content (AvgIpc) is 2.74. The third-order valence-corrected chi connectivity index (χ3v) is 4.22. The number of nitrogens with two attached hydrogens (primary N) is 1. The van der Waals surface area contributed by atoms with Crippen LogP contribution in [0.15, 0.2) is 11.1 Å². The average molecular weight is 284 g/mol. The lowest BCUT2D eigenvalue weighted by molar-refractivity contribution is 0.601. The van der Waals surface area contributed by atoms with E-state index in [2.05, 4.69) is 14.9 Å². The highest BCUT2D eigenvalue weighted by atomic mass is 32.2. The molecule has 0 aromatic carbocycles. The molecule has 0 amide bonds. The Kier molecular flexibility index (Phi) is 3.01. The molecule has 0 saturated carbocycles. The predicted molar refractivity (Wildman–Crippen MR) is 71.1 cm³/mol. The first-order chi connectivity index (χ1) is 8.72. The van der Waals surface area contributed by atoms with Gasteiger partial charge in [-0.1, -0.05) is 0 Å². The summed E-state index contributed by atoms with van der Waals surface area (Å²) in [4.78, 5) is -0.0438. The summed E-state index contributed by atoms with van der Waals surface area (Å²) < 4.78 is 30.0. The Labute approximate surface area is 111 Å². The molecule has 9 heteroatoms. The fourth-order valence-corrected chi connectivity index (χ4v) is 3.08. The summed E-state index contributed by atoms with van der Waals surface area (Å²) in [6.07, 6.45) is 1.36. The highest BCUT2D eigenvalue weighted by Gasteiger charge is 2.23. The van der Waals surface area contributed by atoms with Gasteiger partial charge in [0.15, 0.2) is 5.82 Å². The fourth-order valence-electron chi connectivity index (χ4n) is 1.80. The van der Waals surface area contributed by atoms with Crippen LogP contribution in [0.25, 0.3) is 0 Å². The van der Waals surface area contributed by atoms with Crippen LogP contribution in [0.5, 0.6) is 0 Å². The number of anilines is 2. The Bertz CT molecular complexity index is 728. The largest absolute Gasteiger partial charge is 0.381 e. The van der Waals surface area contributed by atoms with E-state index in [1.807, 2.05) is 0 Å². The number of aryl methyl sites for hydroxylation is 3. The number of nitrogen functional groups attached to an aromatic ring is 1. The van der Waals surface area contributed by atoms with E-state index in [1.165, 1.54) is 10.9 Å². The van der Waals surface area contributed by atoms with E-state index in [0.29, 0.717) is 11.4 Å². The minimum atomic E-state index is -3.77. The second-order valence-electron chi connectivity index (χ2n) is 4.33. The van der Waals surface area contributed by atoms with E-state index >= 15 is 0 Å². The quantitative estimate of drug-likeness (QED) is 0.834. The molecule has 104 valence electrons. The Morgan fingerprint density at radius 1 is 1.26 bits per heavy atom. The SMILES string of the molecule is Cc1nn(C)c(C)c1NS(=O)(=O)c1cn(C)nc1N. The summed E-state index contributed by atoms with van der Waals surface area (Å²) in [6.45, 7) is 3.52. The molecule has 2 aromatic rings. The second-order valence-corrected chi connectivity index (χ2v) is 5.98. The Morgan fingerprint density at radius 3 is 2.32 bits per heavy atom. The minimum Gasteiger partial charge on any atom is -0.381 e. The lowest BCUT2D eigenvalue weighted by Gasteiger charge is -2.07. The van der Waals surface area contributed by atoms with Crippen molar-refractivity contribution in [2.45, 2.75) is 18.7 Å². The lowest BCUT2D eigenvalue weighted by Crippen LogP contribution is -2.15. The number of nitrogens with zero attached hydrogens (tertiary/aromatic N) is 4. The number of aromatic nitrogens is 4. The zero-order valence-electron chi connectivity index (χ0n) is 11.2. The zero-order valence-corrected chi connectivity index (χ0v) is 12.0. The van der Waals surface area contributed by atoms with Gasteiger partial charge in [0.05, 0.1) is 17.1 Å². The van der Waals surface area contributed by atoms with Crippen LogP contribution in [0.2, 0.25) is 0 Å². The topological polar surface area (TPSA) is 108 Å². The molecule has 8 nitrogen and oxygen atoms in total. The molecule has 0 saturated heterocycles. The maximum absolute atomic E-state index is 12.3. The summed E-state index contributed by atoms with van der Waals surface area (Å²) in [5.41, 5.74) is 7.38. The van der Waals surface area contributed by atoms with Crippen molar-refractivity contribution in [1.82, 2.24) is 19.6 Å². The van der Waals surface area contributed by atoms with Gasteiger partial charge in [0.25, 0.3) is 10.0 Å². The monoisotopic (exact) mass is 284 g/mol. The normalized spacial score (nSPS) is 11.8. The van der Waals surface area contributed by atoms with Crippen molar-refractivity contribution in [2.24, 2.45) is 14.1 Å². The number of hydrogen-bond donors (Lipinski definition) is 2. The Balaban J connectivity index is 2.45. The van der Waals surface area contributed by atoms with Crippen molar-refractivity contribution >= 4 is 21.5 Å². The Hall–Kier alpha value is -2.03. The summed E-state index contributed by atoms with van der Waals surface area (Å²) >= 11 is 0. The number of rotatable bonds is 3. The zero-order chi connectivity index (χ0) is 14.4. The van der Waals surface area contributed by atoms with Crippen LogP contribution in [0.1, 0.15) is 11.4 Å². The van der Waals surface area contributed by atoms with Crippen LogP contribution in [0.3, 0.4) is 0 Å². The van der Waals surface area contributed by atoms with Crippen molar-refractivity contribution < 1.29 is 8.42 Å². The van der Waals surface area contributed by atoms with E-state index in [9.17, 15) is 8.42 Å². The standard InChI is InChI=1S/C10H16N6O2S/c1-6-9(7(2)16(4)12-6)14-19(17,18)8-5-15(3)13-10(8)11/h5,14H,1-4H3,(H2,11,13). The van der Waals surface area contributed by atoms with Crippen LogP contribution < -0.4 is 10.5 Å². The summed E-state index contributed by atoms with van der Waals surface area (Å²) in [7, 11) is -0.411. The molecule has 0 aliphatic carbocycles. The molecule has 0 unspecified atom stereocenters. The van der Waals surface area contributed by atoms with Gasteiger partial charge in [0, 0.05) is 20.3 Å². The number of sulfonamides is 1. The minimum absolute atomic E-state index is 0.0332. The van der Waals surface area contributed by atoms with Crippen LogP contribution in [0, 0.1) is 13.8 Å². The molecular weight excluding hydrogens is 268 g/mol. The van der Waals surface area contributed by atoms with E-state index < -0.39 is 10.0 Å². The third-order valence-electron chi connectivity index (χ3n) is 2.86. The first-order valence-corrected chi connectivity index (χ1v) is 7.03. The highest BCUT2D eigenvalue weighted by Crippen LogP contribution is 2.24. The van der Waals surface area contributed by atoms with Gasteiger partial charge < -0.3 is 5.73 Å². The van der Waals surface area contributed by atoms with Crippen molar-refractivity contribution in [3.63, 3.8) is 0 Å². The molecule has 0 atom stereocenters. The van der Waals surface area contributed by atoms with E-state index in [4.69, 9.17) is 5.73 Å². The first kappa shape index (κ1) is 13.4. The molecular formula is C10H16N6O2S. The Morgan fingerprint density at radius 2 is 1.89 bits per heavy atom. The van der Waals surface area contributed by atoms with Crippen molar-refractivity contribution in [1.29, 1.82) is 0 Å². The molecule has 2 rings (SSSR count). The van der Waals surface area contributed by atoms with Crippen molar-refractivity contribution in [3.8, 4) is 0 Å². The number of hydrogen-bond acceptors (Lipinski definition) is 5. The van der Waals surface area contributed by atoms with Gasteiger partial charge in [-0.2, -0.15) is 10.2 Å². The molecule has 0 aliphatic heterocycles. The fraction of sp³-hybridized carbons (Fsp3) is 0.400. The predicted octanol–water partition coefficient (Wildman–Crippen LogP) is 0.153. The summed E-state index contributed by atoms with van der Waals surface area (Å²) in [6, 6.07) is 0. The maximum Gasteiger partial charge on any atom is 0.267 e. The smallest absolute Gasteiger partial charge is 0.267 e. The van der Waals surface area contributed by atoms with Gasteiger partial charge in [0.2, 0.25) is 0 Å². The molecule has 0 spiro atoms. The molecule has 0 fully saturated rings. The highest BCUT2D eigenvalue weighted by molar-refractivity contribution is 7.92. The van der Waals surface area contributed by atoms with Crippen molar-refractivity contribution in [2.75, 3.05) is 10.5 Å². The van der Waals surface area contributed by atoms with Crippen LogP contribution in [-0.2, 0) is 24.1 Å². The van der Waals surface area contributed by atoms with Gasteiger partial charge in [0.1, 0.15) is 4.90 Å². The van der Waals surface area contributed by atoms with Gasteiger partial charge in [-0.05, 0) is 13.8 Å². The molecule has 0 aliphatic rings. The van der Waals surface area contributed by atoms with Gasteiger partial charge in [-0.25, -0.2) is 8.42 Å². The van der Waals surface area contributed by atoms with E-state index in [0.717, 1.165) is 5.69 Å².